The molecule has 0 radical (unpaired) electrons. The number of rotatable bonds is 2. The van der Waals surface area contributed by atoms with Crippen LogP contribution in [0.3, 0.4) is 0 Å². The normalized spacial score (nSPS) is 30.1. The van der Waals surface area contributed by atoms with E-state index >= 15 is 0 Å². The number of nitrogens with one attached hydrogen (secondary N) is 3. The Morgan fingerprint density at radius 3 is 2.55 bits per heavy atom. The molecule has 0 saturated carbocycles. The van der Waals surface area contributed by atoms with Crippen LogP contribution in [0.15, 0.2) is 9.59 Å². The maximum absolute atomic E-state index is 11.6. The Labute approximate surface area is 110 Å². The number of imidazole rings is 1. The predicted octanol–water partition coefficient (Wildman–Crippen LogP) is -2.91. The molecule has 0 amide bonds. The molecule has 0 spiro atoms. The second kappa shape index (κ2) is 4.52. The van der Waals surface area contributed by atoms with Crippen molar-refractivity contribution < 1.29 is 20.1 Å². The highest BCUT2D eigenvalue weighted by molar-refractivity contribution is 5.68. The minimum atomic E-state index is -1.31. The van der Waals surface area contributed by atoms with E-state index in [1.54, 1.807) is 0 Å². The minimum absolute atomic E-state index is 0.0199. The van der Waals surface area contributed by atoms with Crippen LogP contribution in [-0.2, 0) is 4.74 Å². The van der Waals surface area contributed by atoms with Gasteiger partial charge in [-0.15, -0.1) is 0 Å². The van der Waals surface area contributed by atoms with Crippen molar-refractivity contribution in [3.05, 3.63) is 26.7 Å². The fraction of sp³-hybridized carbons (Fsp3) is 0.500. The van der Waals surface area contributed by atoms with Gasteiger partial charge in [-0.1, -0.05) is 0 Å². The van der Waals surface area contributed by atoms with Crippen molar-refractivity contribution in [3.8, 4) is 0 Å². The Morgan fingerprint density at radius 1 is 1.15 bits per heavy atom. The van der Waals surface area contributed by atoms with Gasteiger partial charge in [-0.3, -0.25) is 14.8 Å². The van der Waals surface area contributed by atoms with Crippen LogP contribution in [0.2, 0.25) is 0 Å². The zero-order valence-corrected chi connectivity index (χ0v) is 10.0. The summed E-state index contributed by atoms with van der Waals surface area (Å²) in [4.78, 5) is 33.6. The molecule has 10 nitrogen and oxygen atoms in total. The summed E-state index contributed by atoms with van der Waals surface area (Å²) < 4.78 is 5.27. The van der Waals surface area contributed by atoms with Gasteiger partial charge in [-0.05, 0) is 0 Å². The molecule has 0 bridgehead atoms. The van der Waals surface area contributed by atoms with E-state index in [2.05, 4.69) is 15.0 Å². The fourth-order valence-corrected chi connectivity index (χ4v) is 2.21. The molecule has 1 aliphatic heterocycles. The molecule has 1 aliphatic rings. The Morgan fingerprint density at radius 2 is 1.90 bits per heavy atom. The Hall–Kier alpha value is -2.01. The molecule has 3 rings (SSSR count). The Kier molecular flexibility index (Phi) is 2.94. The maximum Gasteiger partial charge on any atom is 0.327 e. The number of aliphatic hydroxyl groups excluding tert-OH is 3. The van der Waals surface area contributed by atoms with E-state index in [9.17, 15) is 19.8 Å². The van der Waals surface area contributed by atoms with Crippen LogP contribution < -0.4 is 11.2 Å². The molecule has 2 aromatic rings. The van der Waals surface area contributed by atoms with Gasteiger partial charge in [0.15, 0.2) is 5.65 Å². The van der Waals surface area contributed by atoms with Crippen molar-refractivity contribution >= 4 is 11.2 Å². The zero-order valence-electron chi connectivity index (χ0n) is 10.0. The second-order valence-electron chi connectivity index (χ2n) is 4.51. The summed E-state index contributed by atoms with van der Waals surface area (Å²) in [6, 6.07) is 0. The average molecular weight is 284 g/mol. The first-order valence-corrected chi connectivity index (χ1v) is 5.86. The Balaban J connectivity index is 2.05. The number of hydrogen-bond acceptors (Lipinski definition) is 7. The molecule has 4 atom stereocenters. The third-order valence-corrected chi connectivity index (χ3v) is 3.22. The summed E-state index contributed by atoms with van der Waals surface area (Å²) in [6.45, 7) is -0.466. The van der Waals surface area contributed by atoms with Gasteiger partial charge in [0.2, 0.25) is 0 Å². The summed E-state index contributed by atoms with van der Waals surface area (Å²) in [5.74, 6) is 0.0786. The lowest BCUT2D eigenvalue weighted by atomic mass is 10.1. The molecule has 0 aliphatic carbocycles. The quantitative estimate of drug-likeness (QED) is 0.344. The number of hydrogen-bond donors (Lipinski definition) is 6. The highest BCUT2D eigenvalue weighted by atomic mass is 16.6. The number of aromatic nitrogens is 4. The molecule has 20 heavy (non-hydrogen) atoms. The van der Waals surface area contributed by atoms with Gasteiger partial charge in [0.1, 0.15) is 35.8 Å². The van der Waals surface area contributed by atoms with Crippen LogP contribution in [0, 0.1) is 0 Å². The van der Waals surface area contributed by atoms with E-state index in [0.717, 1.165) is 0 Å². The third kappa shape index (κ3) is 1.86. The van der Waals surface area contributed by atoms with E-state index in [-0.39, 0.29) is 17.0 Å². The molecule has 2 aromatic heterocycles. The molecule has 0 aromatic carbocycles. The van der Waals surface area contributed by atoms with Gasteiger partial charge in [0.25, 0.3) is 5.56 Å². The first-order valence-electron chi connectivity index (χ1n) is 5.86. The van der Waals surface area contributed by atoms with E-state index in [1.807, 2.05) is 4.98 Å². The molecular formula is C10H12N4O6. The van der Waals surface area contributed by atoms with Gasteiger partial charge < -0.3 is 25.0 Å². The summed E-state index contributed by atoms with van der Waals surface area (Å²) >= 11 is 0. The number of nitrogens with zero attached hydrogens (tertiary/aromatic N) is 1. The van der Waals surface area contributed by atoms with Crippen molar-refractivity contribution in [1.82, 2.24) is 19.9 Å². The van der Waals surface area contributed by atoms with Crippen LogP contribution in [-0.4, -0.2) is 60.2 Å². The van der Waals surface area contributed by atoms with Gasteiger partial charge in [-0.25, -0.2) is 9.78 Å². The van der Waals surface area contributed by atoms with E-state index < -0.39 is 42.3 Å². The van der Waals surface area contributed by atoms with Gasteiger partial charge in [-0.2, -0.15) is 0 Å². The number of fused-ring (bicyclic) bond motifs is 1. The van der Waals surface area contributed by atoms with E-state index in [4.69, 9.17) is 9.84 Å². The van der Waals surface area contributed by atoms with Crippen molar-refractivity contribution in [2.75, 3.05) is 6.61 Å². The van der Waals surface area contributed by atoms with E-state index in [0.29, 0.717) is 0 Å². The van der Waals surface area contributed by atoms with Crippen molar-refractivity contribution in [1.29, 1.82) is 0 Å². The lowest BCUT2D eigenvalue weighted by Gasteiger charge is -2.11. The summed E-state index contributed by atoms with van der Waals surface area (Å²) in [7, 11) is 0. The molecule has 1 fully saturated rings. The van der Waals surface area contributed by atoms with Crippen molar-refractivity contribution in [3.63, 3.8) is 0 Å². The molecule has 10 heteroatoms. The summed E-state index contributed by atoms with van der Waals surface area (Å²) in [6.07, 6.45) is -4.55. The lowest BCUT2D eigenvalue weighted by molar-refractivity contribution is -0.0249. The van der Waals surface area contributed by atoms with Gasteiger partial charge >= 0.3 is 5.69 Å². The first kappa shape index (κ1) is 13.0. The van der Waals surface area contributed by atoms with Gasteiger partial charge in [0, 0.05) is 0 Å². The number of aromatic amines is 3. The topological polar surface area (TPSA) is 164 Å². The van der Waals surface area contributed by atoms with Crippen LogP contribution in [0.4, 0.5) is 0 Å². The van der Waals surface area contributed by atoms with Crippen molar-refractivity contribution in [2.45, 2.75) is 24.4 Å². The summed E-state index contributed by atoms with van der Waals surface area (Å²) in [5.41, 5.74) is -1.32. The molecule has 108 valence electrons. The monoisotopic (exact) mass is 284 g/mol. The SMILES string of the molecule is O=c1[nH]c(=O)c2[nH]c([C@@H]3O[C@H](CO)[C@@H](O)[C@H]3O)nc2[nH]1. The maximum atomic E-state index is 11.6. The number of H-pyrrole nitrogens is 3. The smallest absolute Gasteiger partial charge is 0.327 e. The van der Waals surface area contributed by atoms with E-state index in [1.165, 1.54) is 0 Å². The Bertz CT molecular complexity index is 748. The predicted molar refractivity (Wildman–Crippen MR) is 64.0 cm³/mol. The van der Waals surface area contributed by atoms with Crippen LogP contribution in [0.25, 0.3) is 11.2 Å². The standard InChI is InChI=1S/C10H12N4O6/c15-1-2-4(16)5(17)6(20-2)8-11-3-7(12-8)13-10(19)14-9(3)18/h2,4-6,15-17H,1H2,(H3,11,12,13,14,18,19)/t2-,4-,5-,6-/m1/s1. The molecule has 6 N–H and O–H groups in total. The highest BCUT2D eigenvalue weighted by Crippen LogP contribution is 2.32. The van der Waals surface area contributed by atoms with Crippen molar-refractivity contribution in [2.24, 2.45) is 0 Å². The summed E-state index contributed by atoms with van der Waals surface area (Å²) in [5, 5.41) is 28.5. The minimum Gasteiger partial charge on any atom is -0.394 e. The molecule has 0 unspecified atom stereocenters. The molecule has 1 saturated heterocycles. The highest BCUT2D eigenvalue weighted by Gasteiger charge is 2.44. The lowest BCUT2D eigenvalue weighted by Crippen LogP contribution is -2.32. The van der Waals surface area contributed by atoms with Crippen LogP contribution in [0.1, 0.15) is 11.9 Å². The zero-order chi connectivity index (χ0) is 14.4. The first-order chi connectivity index (χ1) is 9.51. The van der Waals surface area contributed by atoms with Crippen LogP contribution >= 0.6 is 0 Å². The fourth-order valence-electron chi connectivity index (χ4n) is 2.21. The largest absolute Gasteiger partial charge is 0.394 e. The number of ether oxygens (including phenoxy) is 1. The second-order valence-corrected chi connectivity index (χ2v) is 4.51. The number of aliphatic hydroxyl groups is 3. The molecule has 3 heterocycles. The molecular weight excluding hydrogens is 272 g/mol. The average Bonchev–Trinajstić information content (AvgIpc) is 2.93. The van der Waals surface area contributed by atoms with Gasteiger partial charge in [0.05, 0.1) is 6.61 Å². The van der Waals surface area contributed by atoms with Crippen LogP contribution in [0.5, 0.6) is 0 Å². The third-order valence-electron chi connectivity index (χ3n) is 3.22.